The van der Waals surface area contributed by atoms with Crippen LogP contribution in [0, 0.1) is 0 Å². The van der Waals surface area contributed by atoms with Crippen LogP contribution in [0.15, 0.2) is 36.5 Å². The van der Waals surface area contributed by atoms with Crippen molar-refractivity contribution in [3.63, 3.8) is 0 Å². The maximum atomic E-state index is 12.0. The molecule has 6 heteroatoms. The molecule has 0 atom stereocenters. The lowest BCUT2D eigenvalue weighted by Gasteiger charge is -2.47. The number of fused-ring (bicyclic) bond motifs is 2. The third kappa shape index (κ3) is 2.17. The minimum Gasteiger partial charge on any atom is -0.360 e. The molecule has 3 heterocycles. The zero-order valence-corrected chi connectivity index (χ0v) is 13.2. The first-order valence-corrected chi connectivity index (χ1v) is 7.61. The predicted octanol–water partition coefficient (Wildman–Crippen LogP) is 1.87. The number of hydrogen-bond acceptors (Lipinski definition) is 4. The van der Waals surface area contributed by atoms with Gasteiger partial charge in [-0.25, -0.2) is 14.8 Å². The second kappa shape index (κ2) is 5.03. The number of rotatable bonds is 1. The highest BCUT2D eigenvalue weighted by atomic mass is 16.5. The van der Waals surface area contributed by atoms with Gasteiger partial charge in [-0.3, -0.25) is 0 Å². The lowest BCUT2D eigenvalue weighted by atomic mass is 9.88. The van der Waals surface area contributed by atoms with Crippen LogP contribution in [0.5, 0.6) is 0 Å². The summed E-state index contributed by atoms with van der Waals surface area (Å²) in [7, 11) is 3.51. The molecule has 23 heavy (non-hydrogen) atoms. The number of carbonyl (C=O) groups is 1. The summed E-state index contributed by atoms with van der Waals surface area (Å²) in [4.78, 5) is 24.5. The van der Waals surface area contributed by atoms with Gasteiger partial charge in [0, 0.05) is 31.4 Å². The Morgan fingerprint density at radius 3 is 2.70 bits per heavy atom. The molecule has 2 aliphatic rings. The molecule has 1 aromatic carbocycles. The molecule has 6 nitrogen and oxygen atoms in total. The number of nitrogens with zero attached hydrogens (tertiary/aromatic N) is 4. The normalized spacial score (nSPS) is 17.7. The van der Waals surface area contributed by atoms with E-state index in [-0.39, 0.29) is 6.03 Å². The average molecular weight is 310 g/mol. The first kappa shape index (κ1) is 14.1. The summed E-state index contributed by atoms with van der Waals surface area (Å²) in [5.41, 5.74) is 2.51. The van der Waals surface area contributed by atoms with Gasteiger partial charge >= 0.3 is 6.03 Å². The van der Waals surface area contributed by atoms with Crippen LogP contribution >= 0.6 is 0 Å². The van der Waals surface area contributed by atoms with Crippen molar-refractivity contribution >= 4 is 6.03 Å². The summed E-state index contributed by atoms with van der Waals surface area (Å²) >= 11 is 0. The largest absolute Gasteiger partial charge is 0.360 e. The zero-order valence-electron chi connectivity index (χ0n) is 13.2. The summed E-state index contributed by atoms with van der Waals surface area (Å²) in [6.07, 6.45) is 1.86. The van der Waals surface area contributed by atoms with Crippen molar-refractivity contribution in [3.05, 3.63) is 47.8 Å². The van der Waals surface area contributed by atoms with Crippen LogP contribution in [0.4, 0.5) is 4.79 Å². The van der Waals surface area contributed by atoms with E-state index in [0.29, 0.717) is 25.5 Å². The lowest BCUT2D eigenvalue weighted by molar-refractivity contribution is -0.126. The Bertz CT molecular complexity index is 754. The van der Waals surface area contributed by atoms with Crippen LogP contribution in [0.3, 0.4) is 0 Å². The fraction of sp³-hybridized carbons (Fsp3) is 0.353. The molecule has 2 aromatic rings. The Hall–Kier alpha value is -2.47. The minimum atomic E-state index is -0.420. The predicted molar refractivity (Wildman–Crippen MR) is 84.6 cm³/mol. The fourth-order valence-electron chi connectivity index (χ4n) is 3.17. The molecule has 1 aromatic heterocycles. The van der Waals surface area contributed by atoms with Gasteiger partial charge in [0.15, 0.2) is 5.82 Å². The number of amides is 2. The number of benzene rings is 1. The maximum absolute atomic E-state index is 12.0. The van der Waals surface area contributed by atoms with E-state index in [0.717, 1.165) is 16.8 Å². The molecule has 2 aliphatic heterocycles. The van der Waals surface area contributed by atoms with Crippen molar-refractivity contribution in [2.24, 2.45) is 0 Å². The highest BCUT2D eigenvalue weighted by molar-refractivity contribution is 5.75. The second-order valence-corrected chi connectivity index (χ2v) is 6.24. The van der Waals surface area contributed by atoms with Crippen molar-refractivity contribution < 1.29 is 9.53 Å². The van der Waals surface area contributed by atoms with Crippen LogP contribution in [0.25, 0.3) is 11.4 Å². The lowest BCUT2D eigenvalue weighted by Crippen LogP contribution is -2.63. The Morgan fingerprint density at radius 2 is 2.00 bits per heavy atom. The Morgan fingerprint density at radius 1 is 1.26 bits per heavy atom. The number of aromatic nitrogens is 2. The molecule has 118 valence electrons. The van der Waals surface area contributed by atoms with Gasteiger partial charge in [-0.05, 0) is 0 Å². The van der Waals surface area contributed by atoms with Crippen LogP contribution in [-0.2, 0) is 16.9 Å². The number of urea groups is 1. The molecule has 0 unspecified atom stereocenters. The van der Waals surface area contributed by atoms with E-state index in [4.69, 9.17) is 4.74 Å². The Labute approximate surface area is 134 Å². The van der Waals surface area contributed by atoms with Gasteiger partial charge in [0.2, 0.25) is 0 Å². The zero-order chi connectivity index (χ0) is 16.0. The molecule has 2 amide bonds. The molecule has 1 spiro atoms. The van der Waals surface area contributed by atoms with E-state index in [1.54, 1.807) is 23.9 Å². The smallest absolute Gasteiger partial charge is 0.319 e. The van der Waals surface area contributed by atoms with E-state index in [1.807, 2.05) is 36.5 Å². The summed E-state index contributed by atoms with van der Waals surface area (Å²) in [6.45, 7) is 1.60. The van der Waals surface area contributed by atoms with E-state index in [2.05, 4.69) is 9.97 Å². The van der Waals surface area contributed by atoms with Gasteiger partial charge in [0.1, 0.15) is 5.60 Å². The van der Waals surface area contributed by atoms with Crippen molar-refractivity contribution in [1.82, 2.24) is 19.8 Å². The first-order chi connectivity index (χ1) is 11.1. The summed E-state index contributed by atoms with van der Waals surface area (Å²) < 4.78 is 5.98. The third-order valence-corrected chi connectivity index (χ3v) is 4.42. The highest BCUT2D eigenvalue weighted by Gasteiger charge is 2.52. The summed E-state index contributed by atoms with van der Waals surface area (Å²) in [6, 6.07) is 9.91. The van der Waals surface area contributed by atoms with Gasteiger partial charge in [-0.15, -0.1) is 0 Å². The molecule has 0 N–H and O–H groups in total. The van der Waals surface area contributed by atoms with Crippen molar-refractivity contribution in [1.29, 1.82) is 0 Å². The van der Waals surface area contributed by atoms with Gasteiger partial charge in [0.05, 0.1) is 25.4 Å². The number of carbonyl (C=O) groups excluding carboxylic acids is 1. The first-order valence-electron chi connectivity index (χ1n) is 7.61. The van der Waals surface area contributed by atoms with E-state index < -0.39 is 5.60 Å². The molecule has 4 rings (SSSR count). The monoisotopic (exact) mass is 310 g/mol. The maximum Gasteiger partial charge on any atom is 0.319 e. The second-order valence-electron chi connectivity index (χ2n) is 6.24. The van der Waals surface area contributed by atoms with Gasteiger partial charge in [0.25, 0.3) is 0 Å². The molecule has 1 saturated heterocycles. The molecular formula is C17H18N4O2. The highest BCUT2D eigenvalue weighted by Crippen LogP contribution is 2.43. The number of hydrogen-bond donors (Lipinski definition) is 0. The topological polar surface area (TPSA) is 58.6 Å². The van der Waals surface area contributed by atoms with E-state index in [9.17, 15) is 4.79 Å². The third-order valence-electron chi connectivity index (χ3n) is 4.42. The molecule has 0 bridgehead atoms. The molecule has 1 fully saturated rings. The molecule has 0 aliphatic carbocycles. The SMILES string of the molecule is CN(C)C(=O)N1CC2(C1)OCc1nc(-c3ccccc3)ncc12. The quantitative estimate of drug-likeness (QED) is 0.807. The standard InChI is InChI=1S/C17H18N4O2/c1-20(2)16(22)21-10-17(11-21)13-8-18-15(19-14(13)9-23-17)12-6-4-3-5-7-12/h3-8H,9-11H2,1-2H3. The summed E-state index contributed by atoms with van der Waals surface area (Å²) in [5, 5.41) is 0. The Balaban J connectivity index is 1.59. The van der Waals surface area contributed by atoms with Crippen molar-refractivity contribution in [2.45, 2.75) is 12.2 Å². The van der Waals surface area contributed by atoms with E-state index >= 15 is 0 Å². The summed E-state index contributed by atoms with van der Waals surface area (Å²) in [5.74, 6) is 0.713. The molecule has 0 saturated carbocycles. The van der Waals surface area contributed by atoms with Gasteiger partial charge < -0.3 is 14.5 Å². The Kier molecular flexibility index (Phi) is 3.09. The van der Waals surface area contributed by atoms with Crippen LogP contribution < -0.4 is 0 Å². The number of likely N-dealkylation sites (tertiary alicyclic amines) is 1. The average Bonchev–Trinajstić information content (AvgIpc) is 2.92. The van der Waals surface area contributed by atoms with Gasteiger partial charge in [-0.1, -0.05) is 30.3 Å². The minimum absolute atomic E-state index is 0.00880. The fourth-order valence-corrected chi connectivity index (χ4v) is 3.17. The van der Waals surface area contributed by atoms with Crippen LogP contribution in [0.2, 0.25) is 0 Å². The van der Waals surface area contributed by atoms with Crippen LogP contribution in [0.1, 0.15) is 11.3 Å². The van der Waals surface area contributed by atoms with Gasteiger partial charge in [-0.2, -0.15) is 0 Å². The molecule has 0 radical (unpaired) electrons. The van der Waals surface area contributed by atoms with Crippen molar-refractivity contribution in [2.75, 3.05) is 27.2 Å². The van der Waals surface area contributed by atoms with Crippen LogP contribution in [-0.4, -0.2) is 53.0 Å². The molecular weight excluding hydrogens is 292 g/mol. The van der Waals surface area contributed by atoms with E-state index in [1.165, 1.54) is 0 Å². The van der Waals surface area contributed by atoms with Crippen molar-refractivity contribution in [3.8, 4) is 11.4 Å². The number of ether oxygens (including phenoxy) is 1.